The third-order valence-electron chi connectivity index (χ3n) is 1.67. The first kappa shape index (κ1) is 8.77. The third-order valence-corrected chi connectivity index (χ3v) is 4.20. The molecule has 12 heavy (non-hydrogen) atoms. The Hall–Kier alpha value is 0.190. The summed E-state index contributed by atoms with van der Waals surface area (Å²) in [5, 5.41) is 0. The van der Waals surface area contributed by atoms with E-state index in [4.69, 9.17) is 9.15 Å². The summed E-state index contributed by atoms with van der Waals surface area (Å²) >= 11 is 5.74. The topological polar surface area (TPSA) is 22.4 Å². The maximum absolute atomic E-state index is 5.50. The third kappa shape index (κ3) is 1.47. The summed E-state index contributed by atoms with van der Waals surface area (Å²) in [6.07, 6.45) is 1.62. The minimum absolute atomic E-state index is 0.0353. The van der Waals surface area contributed by atoms with Gasteiger partial charge in [-0.05, 0) is 34.7 Å². The molecule has 0 aliphatic carbocycles. The zero-order valence-corrected chi connectivity index (χ0v) is 9.83. The van der Waals surface area contributed by atoms with Crippen molar-refractivity contribution < 1.29 is 9.15 Å². The minimum atomic E-state index is -0.0353. The molecule has 1 aromatic rings. The average molecular weight is 341 g/mol. The van der Waals surface area contributed by atoms with Gasteiger partial charge in [-0.1, -0.05) is 15.9 Å². The van der Waals surface area contributed by atoms with E-state index in [1.807, 2.05) is 12.1 Å². The lowest BCUT2D eigenvalue weighted by atomic mass is 10.3. The molecule has 1 atom stereocenters. The molecule has 2 rings (SSSR count). The van der Waals surface area contributed by atoms with E-state index in [0.717, 1.165) is 10.2 Å². The average Bonchev–Trinajstić information content (AvgIpc) is 2.64. The molecule has 1 aromatic heterocycles. The molecule has 0 amide bonds. The fourth-order valence-electron chi connectivity index (χ4n) is 1.09. The summed E-state index contributed by atoms with van der Waals surface area (Å²) < 4.78 is 13.0. The molecule has 64 valence electrons. The van der Waals surface area contributed by atoms with Crippen LogP contribution in [-0.4, -0.2) is 6.61 Å². The monoisotopic (exact) mass is 340 g/mol. The van der Waals surface area contributed by atoms with Crippen LogP contribution in [0.5, 0.6) is 0 Å². The highest BCUT2D eigenvalue weighted by atomic mass is 127. The van der Waals surface area contributed by atoms with Crippen LogP contribution in [0.4, 0.5) is 0 Å². The van der Waals surface area contributed by atoms with Crippen molar-refractivity contribution in [1.29, 1.82) is 0 Å². The van der Waals surface area contributed by atoms with Crippen molar-refractivity contribution in [3.05, 3.63) is 32.2 Å². The second-order valence-electron chi connectivity index (χ2n) is 2.46. The molecule has 0 radical (unpaired) electrons. The second-order valence-corrected chi connectivity index (χ2v) is 4.62. The first-order valence-electron chi connectivity index (χ1n) is 3.48. The van der Waals surface area contributed by atoms with E-state index in [-0.39, 0.29) is 6.10 Å². The van der Waals surface area contributed by atoms with Crippen LogP contribution in [0.3, 0.4) is 0 Å². The molecule has 2 nitrogen and oxygen atoms in total. The van der Waals surface area contributed by atoms with Gasteiger partial charge in [0.1, 0.15) is 11.9 Å². The predicted octanol–water partition coefficient (Wildman–Crippen LogP) is 3.39. The molecule has 2 heterocycles. The lowest BCUT2D eigenvalue weighted by Crippen LogP contribution is -1.95. The Kier molecular flexibility index (Phi) is 2.57. The van der Waals surface area contributed by atoms with E-state index in [9.17, 15) is 0 Å². The molecule has 0 fully saturated rings. The SMILES string of the molecule is BrC1=C(I)COC1c1ccco1. The van der Waals surface area contributed by atoms with Gasteiger partial charge in [0.25, 0.3) is 0 Å². The molecule has 1 unspecified atom stereocenters. The highest BCUT2D eigenvalue weighted by Crippen LogP contribution is 2.40. The molecular formula is C8H6BrIO2. The van der Waals surface area contributed by atoms with Gasteiger partial charge in [-0.25, -0.2) is 0 Å². The van der Waals surface area contributed by atoms with Gasteiger partial charge >= 0.3 is 0 Å². The minimum Gasteiger partial charge on any atom is -0.466 e. The quantitative estimate of drug-likeness (QED) is 0.731. The number of ether oxygens (including phenoxy) is 1. The van der Waals surface area contributed by atoms with Crippen molar-refractivity contribution in [2.45, 2.75) is 6.10 Å². The number of furan rings is 1. The smallest absolute Gasteiger partial charge is 0.148 e. The van der Waals surface area contributed by atoms with E-state index in [2.05, 4.69) is 38.5 Å². The van der Waals surface area contributed by atoms with Gasteiger partial charge < -0.3 is 9.15 Å². The first-order valence-corrected chi connectivity index (χ1v) is 5.35. The first-order chi connectivity index (χ1) is 5.79. The Bertz CT molecular complexity index is 305. The van der Waals surface area contributed by atoms with Crippen molar-refractivity contribution in [2.24, 2.45) is 0 Å². The molecular weight excluding hydrogens is 335 g/mol. The van der Waals surface area contributed by atoms with Crippen LogP contribution >= 0.6 is 38.5 Å². The molecule has 0 spiro atoms. The van der Waals surface area contributed by atoms with Crippen LogP contribution in [0.15, 0.2) is 30.9 Å². The second kappa shape index (κ2) is 3.51. The van der Waals surface area contributed by atoms with Gasteiger partial charge in [-0.2, -0.15) is 0 Å². The Morgan fingerprint density at radius 3 is 2.92 bits per heavy atom. The van der Waals surface area contributed by atoms with E-state index in [0.29, 0.717) is 6.61 Å². The molecule has 1 aliphatic rings. The number of rotatable bonds is 1. The van der Waals surface area contributed by atoms with Crippen molar-refractivity contribution in [3.63, 3.8) is 0 Å². The van der Waals surface area contributed by atoms with Crippen LogP contribution in [-0.2, 0) is 4.74 Å². The van der Waals surface area contributed by atoms with E-state index in [1.165, 1.54) is 3.58 Å². The van der Waals surface area contributed by atoms with Gasteiger partial charge in [0.15, 0.2) is 0 Å². The summed E-state index contributed by atoms with van der Waals surface area (Å²) in [7, 11) is 0. The summed E-state index contributed by atoms with van der Waals surface area (Å²) in [5.41, 5.74) is 0. The Balaban J connectivity index is 2.28. The largest absolute Gasteiger partial charge is 0.466 e. The van der Waals surface area contributed by atoms with E-state index >= 15 is 0 Å². The summed E-state index contributed by atoms with van der Waals surface area (Å²) in [6.45, 7) is 0.673. The van der Waals surface area contributed by atoms with Gasteiger partial charge in [-0.15, -0.1) is 0 Å². The standard InChI is InChI=1S/C8H6BrIO2/c9-7-5(10)4-12-8(7)6-2-1-3-11-6/h1-3,8H,4H2. The molecule has 0 saturated carbocycles. The highest BCUT2D eigenvalue weighted by molar-refractivity contribution is 14.1. The lowest BCUT2D eigenvalue weighted by molar-refractivity contribution is 0.109. The van der Waals surface area contributed by atoms with Gasteiger partial charge in [0.05, 0.1) is 12.9 Å². The fourth-order valence-corrected chi connectivity index (χ4v) is 2.02. The van der Waals surface area contributed by atoms with Crippen molar-refractivity contribution in [1.82, 2.24) is 0 Å². The van der Waals surface area contributed by atoms with Crippen molar-refractivity contribution >= 4 is 38.5 Å². The Morgan fingerprint density at radius 1 is 1.58 bits per heavy atom. The summed E-state index contributed by atoms with van der Waals surface area (Å²) in [6, 6.07) is 3.78. The molecule has 0 bridgehead atoms. The molecule has 0 saturated heterocycles. The zero-order chi connectivity index (χ0) is 8.55. The maximum atomic E-state index is 5.50. The number of halogens is 2. The Labute approximate surface area is 92.2 Å². The zero-order valence-electron chi connectivity index (χ0n) is 6.09. The van der Waals surface area contributed by atoms with Crippen LogP contribution in [0.1, 0.15) is 11.9 Å². The maximum Gasteiger partial charge on any atom is 0.148 e. The molecule has 1 aliphatic heterocycles. The molecule has 0 aromatic carbocycles. The molecule has 0 N–H and O–H groups in total. The van der Waals surface area contributed by atoms with E-state index in [1.54, 1.807) is 6.26 Å². The normalized spacial score (nSPS) is 23.7. The highest BCUT2D eigenvalue weighted by Gasteiger charge is 2.26. The van der Waals surface area contributed by atoms with Gasteiger partial charge in [0.2, 0.25) is 0 Å². The number of hydrogen-bond donors (Lipinski definition) is 0. The fraction of sp³-hybridized carbons (Fsp3) is 0.250. The van der Waals surface area contributed by atoms with Crippen molar-refractivity contribution in [2.75, 3.05) is 6.61 Å². The van der Waals surface area contributed by atoms with Crippen LogP contribution in [0, 0.1) is 0 Å². The molecule has 4 heteroatoms. The van der Waals surface area contributed by atoms with Crippen LogP contribution in [0.2, 0.25) is 0 Å². The summed E-state index contributed by atoms with van der Waals surface area (Å²) in [4.78, 5) is 0. The van der Waals surface area contributed by atoms with Crippen molar-refractivity contribution in [3.8, 4) is 0 Å². The van der Waals surface area contributed by atoms with Gasteiger partial charge in [0, 0.05) is 8.06 Å². The lowest BCUT2D eigenvalue weighted by Gasteiger charge is -2.05. The van der Waals surface area contributed by atoms with Gasteiger partial charge in [-0.3, -0.25) is 0 Å². The Morgan fingerprint density at radius 2 is 2.42 bits per heavy atom. The summed E-state index contributed by atoms with van der Waals surface area (Å²) in [5.74, 6) is 0.855. The van der Waals surface area contributed by atoms with E-state index < -0.39 is 0 Å². The van der Waals surface area contributed by atoms with Crippen LogP contribution in [0.25, 0.3) is 0 Å². The van der Waals surface area contributed by atoms with Crippen LogP contribution < -0.4 is 0 Å². The number of hydrogen-bond acceptors (Lipinski definition) is 2. The predicted molar refractivity (Wildman–Crippen MR) is 57.4 cm³/mol.